The maximum absolute atomic E-state index is 13.0. The Morgan fingerprint density at radius 1 is 1.39 bits per heavy atom. The van der Waals surface area contributed by atoms with Crippen molar-refractivity contribution in [3.63, 3.8) is 0 Å². The fraction of sp³-hybridized carbons (Fsp3) is 0.444. The quantitative estimate of drug-likeness (QED) is 0.688. The first-order valence-corrected chi connectivity index (χ1v) is 7.62. The lowest BCUT2D eigenvalue weighted by Gasteiger charge is -2.30. The maximum atomic E-state index is 13.0. The molecule has 1 aliphatic rings. The number of rotatable bonds is 0. The lowest BCUT2D eigenvalue weighted by molar-refractivity contribution is 0.0236. The minimum atomic E-state index is -0.476. The van der Waals surface area contributed by atoms with E-state index in [9.17, 15) is 9.18 Å². The van der Waals surface area contributed by atoms with E-state index >= 15 is 0 Å². The predicted octanol–water partition coefficient (Wildman–Crippen LogP) is 3.53. The molecule has 0 bridgehead atoms. The van der Waals surface area contributed by atoms with E-state index in [0.29, 0.717) is 18.8 Å². The zero-order chi connectivity index (χ0) is 16.9. The molecule has 122 valence electrons. The molecule has 1 fully saturated rings. The molecule has 4 nitrogen and oxygen atoms in total. The molecule has 0 spiro atoms. The highest BCUT2D eigenvalue weighted by molar-refractivity contribution is 5.68. The first kappa shape index (κ1) is 17.0. The number of allylic oxidation sites excluding steroid dienone is 1. The summed E-state index contributed by atoms with van der Waals surface area (Å²) in [5.41, 5.74) is 1.11. The minimum absolute atomic E-state index is 0.272. The molecule has 1 aromatic heterocycles. The summed E-state index contributed by atoms with van der Waals surface area (Å²) in [6, 6.07) is 2.59. The Bertz CT molecular complexity index is 656. The fourth-order valence-electron chi connectivity index (χ4n) is 2.13. The zero-order valence-electron chi connectivity index (χ0n) is 13.7. The van der Waals surface area contributed by atoms with Crippen LogP contribution in [0.5, 0.6) is 0 Å². The summed E-state index contributed by atoms with van der Waals surface area (Å²) in [7, 11) is 0. The van der Waals surface area contributed by atoms with Crippen molar-refractivity contribution in [2.24, 2.45) is 0 Å². The van der Waals surface area contributed by atoms with Crippen LogP contribution in [0.3, 0.4) is 0 Å². The van der Waals surface area contributed by atoms with Gasteiger partial charge < -0.3 is 9.64 Å². The zero-order valence-corrected chi connectivity index (χ0v) is 13.7. The predicted molar refractivity (Wildman–Crippen MR) is 86.2 cm³/mol. The molecule has 1 aromatic rings. The van der Waals surface area contributed by atoms with Crippen molar-refractivity contribution < 1.29 is 13.9 Å². The van der Waals surface area contributed by atoms with Gasteiger partial charge in [-0.3, -0.25) is 0 Å². The molecule has 5 heteroatoms. The van der Waals surface area contributed by atoms with Gasteiger partial charge in [0.1, 0.15) is 17.1 Å². The van der Waals surface area contributed by atoms with Crippen LogP contribution in [0.4, 0.5) is 9.18 Å². The Labute approximate surface area is 136 Å². The van der Waals surface area contributed by atoms with Gasteiger partial charge in [-0.25, -0.2) is 14.2 Å². The van der Waals surface area contributed by atoms with Crippen molar-refractivity contribution in [2.75, 3.05) is 13.1 Å². The number of carbonyl (C=O) groups excluding carboxylic acids is 1. The van der Waals surface area contributed by atoms with Crippen molar-refractivity contribution >= 4 is 6.09 Å². The Kier molecular flexibility index (Phi) is 5.38. The summed E-state index contributed by atoms with van der Waals surface area (Å²) >= 11 is 0. The highest BCUT2D eigenvalue weighted by Gasteiger charge is 2.24. The summed E-state index contributed by atoms with van der Waals surface area (Å²) in [6.07, 6.45) is 4.49. The van der Waals surface area contributed by atoms with E-state index in [1.807, 2.05) is 26.8 Å². The van der Waals surface area contributed by atoms with E-state index in [2.05, 4.69) is 16.8 Å². The molecule has 0 saturated carbocycles. The van der Waals surface area contributed by atoms with Crippen molar-refractivity contribution in [3.8, 4) is 11.8 Å². The molecular weight excluding hydrogens is 295 g/mol. The Hall–Kier alpha value is -2.35. The summed E-state index contributed by atoms with van der Waals surface area (Å²) in [5.74, 6) is 5.38. The van der Waals surface area contributed by atoms with Crippen LogP contribution in [0.15, 0.2) is 30.0 Å². The van der Waals surface area contributed by atoms with Gasteiger partial charge in [0.2, 0.25) is 0 Å². The van der Waals surface area contributed by atoms with Crippen molar-refractivity contribution in [3.05, 3.63) is 41.5 Å². The van der Waals surface area contributed by atoms with Gasteiger partial charge in [-0.05, 0) is 51.7 Å². The van der Waals surface area contributed by atoms with Gasteiger partial charge in [0.15, 0.2) is 0 Å². The second-order valence-corrected chi connectivity index (χ2v) is 6.40. The third-order valence-corrected chi connectivity index (χ3v) is 3.26. The lowest BCUT2D eigenvalue weighted by atomic mass is 10.0. The summed E-state index contributed by atoms with van der Waals surface area (Å²) < 4.78 is 18.4. The molecule has 0 radical (unpaired) electrons. The number of amides is 1. The molecule has 2 heterocycles. The van der Waals surface area contributed by atoms with Gasteiger partial charge in [-0.15, -0.1) is 0 Å². The maximum Gasteiger partial charge on any atom is 0.410 e. The molecular formula is C18H21FN2O2. The van der Waals surface area contributed by atoms with Crippen molar-refractivity contribution in [1.29, 1.82) is 0 Å². The number of ether oxygens (including phenoxy) is 1. The third kappa shape index (κ3) is 5.74. The molecule has 2 rings (SSSR count). The van der Waals surface area contributed by atoms with Gasteiger partial charge in [-0.2, -0.15) is 0 Å². The molecule has 23 heavy (non-hydrogen) atoms. The Morgan fingerprint density at radius 3 is 2.70 bits per heavy atom. The fourth-order valence-corrected chi connectivity index (χ4v) is 2.13. The van der Waals surface area contributed by atoms with E-state index in [1.54, 1.807) is 4.90 Å². The standard InChI is InChI=1S/C18H21FN2O2/c1-18(2,3)23-17(22)21-11-8-14(9-12-21)5-4-6-16-13-15(19)7-10-20-16/h5,7,10,13H,8-9,11-12H2,1-3H3. The smallest absolute Gasteiger partial charge is 0.410 e. The molecule has 0 aliphatic carbocycles. The van der Waals surface area contributed by atoms with Gasteiger partial charge in [0.25, 0.3) is 0 Å². The SMILES string of the molecule is CC(C)(C)OC(=O)N1CCC(=CC#Cc2cc(F)ccn2)CC1. The van der Waals surface area contributed by atoms with Gasteiger partial charge in [-0.1, -0.05) is 11.5 Å². The third-order valence-electron chi connectivity index (χ3n) is 3.26. The number of nitrogens with zero attached hydrogens (tertiary/aromatic N) is 2. The topological polar surface area (TPSA) is 42.4 Å². The van der Waals surface area contributed by atoms with E-state index in [4.69, 9.17) is 4.74 Å². The van der Waals surface area contributed by atoms with Crippen LogP contribution in [0.2, 0.25) is 0 Å². The average Bonchev–Trinajstić information content (AvgIpc) is 2.46. The number of hydrogen-bond donors (Lipinski definition) is 0. The van der Waals surface area contributed by atoms with E-state index in [0.717, 1.165) is 12.8 Å². The number of pyridine rings is 1. The summed E-state index contributed by atoms with van der Waals surface area (Å²) in [6.45, 7) is 6.82. The molecule has 0 N–H and O–H groups in total. The van der Waals surface area contributed by atoms with Crippen LogP contribution in [-0.4, -0.2) is 34.7 Å². The van der Waals surface area contributed by atoms with Gasteiger partial charge >= 0.3 is 6.09 Å². The Balaban J connectivity index is 1.88. The van der Waals surface area contributed by atoms with Crippen LogP contribution >= 0.6 is 0 Å². The first-order valence-electron chi connectivity index (χ1n) is 7.62. The van der Waals surface area contributed by atoms with E-state index < -0.39 is 5.60 Å². The average molecular weight is 316 g/mol. The second kappa shape index (κ2) is 7.28. The Morgan fingerprint density at radius 2 is 2.09 bits per heavy atom. The first-order chi connectivity index (χ1) is 10.8. The van der Waals surface area contributed by atoms with Crippen LogP contribution in [-0.2, 0) is 4.74 Å². The number of aromatic nitrogens is 1. The monoisotopic (exact) mass is 316 g/mol. The van der Waals surface area contributed by atoms with E-state index in [1.165, 1.54) is 23.9 Å². The van der Waals surface area contributed by atoms with Crippen LogP contribution in [0, 0.1) is 17.7 Å². The normalized spacial score (nSPS) is 14.8. The molecule has 0 atom stereocenters. The number of halogens is 1. The molecule has 1 saturated heterocycles. The van der Waals surface area contributed by atoms with Crippen molar-refractivity contribution in [2.45, 2.75) is 39.2 Å². The highest BCUT2D eigenvalue weighted by Crippen LogP contribution is 2.18. The van der Waals surface area contributed by atoms with Gasteiger partial charge in [0, 0.05) is 25.4 Å². The number of likely N-dealkylation sites (tertiary alicyclic amines) is 1. The molecule has 1 amide bonds. The number of piperidine rings is 1. The van der Waals surface area contributed by atoms with Crippen LogP contribution in [0.25, 0.3) is 0 Å². The molecule has 1 aliphatic heterocycles. The van der Waals surface area contributed by atoms with E-state index in [-0.39, 0.29) is 11.9 Å². The summed E-state index contributed by atoms with van der Waals surface area (Å²) in [5, 5.41) is 0. The molecule has 0 aromatic carbocycles. The minimum Gasteiger partial charge on any atom is -0.444 e. The van der Waals surface area contributed by atoms with Crippen molar-refractivity contribution in [1.82, 2.24) is 9.88 Å². The molecule has 0 unspecified atom stereocenters. The largest absolute Gasteiger partial charge is 0.444 e. The lowest BCUT2D eigenvalue weighted by Crippen LogP contribution is -2.40. The van der Waals surface area contributed by atoms with Gasteiger partial charge in [0.05, 0.1) is 0 Å². The number of carbonyl (C=O) groups is 1. The van der Waals surface area contributed by atoms with Crippen LogP contribution in [0.1, 0.15) is 39.3 Å². The van der Waals surface area contributed by atoms with Crippen LogP contribution < -0.4 is 0 Å². The number of hydrogen-bond acceptors (Lipinski definition) is 3. The highest BCUT2D eigenvalue weighted by atomic mass is 19.1. The second-order valence-electron chi connectivity index (χ2n) is 6.40. The summed E-state index contributed by atoms with van der Waals surface area (Å²) in [4.78, 5) is 17.7.